The van der Waals surface area contributed by atoms with Crippen LogP contribution < -0.4 is 5.32 Å². The van der Waals surface area contributed by atoms with E-state index in [-0.39, 0.29) is 21.4 Å². The number of anilines is 1. The van der Waals surface area contributed by atoms with Crippen molar-refractivity contribution >= 4 is 34.8 Å². The highest BCUT2D eigenvalue weighted by Crippen LogP contribution is 2.20. The lowest BCUT2D eigenvalue weighted by Gasteiger charge is -2.06. The summed E-state index contributed by atoms with van der Waals surface area (Å²) in [5.74, 6) is -1.01. The molecule has 0 saturated heterocycles. The van der Waals surface area contributed by atoms with Crippen LogP contribution in [-0.4, -0.2) is 10.9 Å². The number of rotatable bonds is 2. The van der Waals surface area contributed by atoms with Crippen molar-refractivity contribution in [3.8, 4) is 0 Å². The number of amides is 1. The van der Waals surface area contributed by atoms with E-state index in [0.717, 1.165) is 12.1 Å². The van der Waals surface area contributed by atoms with E-state index in [2.05, 4.69) is 10.3 Å². The number of carbonyl (C=O) groups excluding carboxylic acids is 1. The van der Waals surface area contributed by atoms with Crippen molar-refractivity contribution in [2.45, 2.75) is 0 Å². The summed E-state index contributed by atoms with van der Waals surface area (Å²) in [6.07, 6.45) is 1.47. The third-order valence-electron chi connectivity index (χ3n) is 2.12. The molecule has 0 fully saturated rings. The van der Waals surface area contributed by atoms with E-state index >= 15 is 0 Å². The molecule has 0 saturated carbocycles. The Morgan fingerprint density at radius 3 is 2.72 bits per heavy atom. The van der Waals surface area contributed by atoms with Crippen molar-refractivity contribution in [2.24, 2.45) is 0 Å². The fraction of sp³-hybridized carbons (Fsp3) is 0. The van der Waals surface area contributed by atoms with Crippen molar-refractivity contribution in [3.63, 3.8) is 0 Å². The zero-order valence-corrected chi connectivity index (χ0v) is 10.5. The largest absolute Gasteiger partial charge is 0.322 e. The second-order valence-electron chi connectivity index (χ2n) is 3.45. The minimum Gasteiger partial charge on any atom is -0.322 e. The summed E-state index contributed by atoms with van der Waals surface area (Å²) in [4.78, 5) is 15.6. The van der Waals surface area contributed by atoms with Gasteiger partial charge in [0.05, 0.1) is 5.56 Å². The average Bonchev–Trinajstić information content (AvgIpc) is 2.27. The summed E-state index contributed by atoms with van der Waals surface area (Å²) in [5, 5.41) is 2.77. The van der Waals surface area contributed by atoms with Crippen LogP contribution in [0.15, 0.2) is 36.5 Å². The molecule has 2 rings (SSSR count). The molecule has 6 heteroatoms. The van der Waals surface area contributed by atoms with Gasteiger partial charge in [0.25, 0.3) is 5.91 Å². The Hall–Kier alpha value is -1.65. The van der Waals surface area contributed by atoms with Crippen LogP contribution in [0.2, 0.25) is 10.2 Å². The Morgan fingerprint density at radius 1 is 1.28 bits per heavy atom. The predicted molar refractivity (Wildman–Crippen MR) is 68.6 cm³/mol. The minimum absolute atomic E-state index is 0.0810. The highest BCUT2D eigenvalue weighted by Gasteiger charge is 2.11. The molecule has 3 nitrogen and oxygen atoms in total. The molecule has 1 N–H and O–H groups in total. The van der Waals surface area contributed by atoms with E-state index in [1.807, 2.05) is 0 Å². The summed E-state index contributed by atoms with van der Waals surface area (Å²) in [6, 6.07) is 6.85. The summed E-state index contributed by atoms with van der Waals surface area (Å²) < 4.78 is 13.1. The molecule has 1 aromatic carbocycles. The van der Waals surface area contributed by atoms with Crippen LogP contribution in [0, 0.1) is 5.82 Å². The van der Waals surface area contributed by atoms with Gasteiger partial charge in [-0.05, 0) is 30.3 Å². The van der Waals surface area contributed by atoms with E-state index in [1.54, 1.807) is 6.07 Å². The van der Waals surface area contributed by atoms with Gasteiger partial charge < -0.3 is 5.32 Å². The molecule has 1 heterocycles. The quantitative estimate of drug-likeness (QED) is 0.853. The molecule has 0 bridgehead atoms. The van der Waals surface area contributed by atoms with Crippen molar-refractivity contribution in [3.05, 3.63) is 58.1 Å². The zero-order chi connectivity index (χ0) is 13.1. The molecular weight excluding hydrogens is 278 g/mol. The van der Waals surface area contributed by atoms with Gasteiger partial charge in [-0.2, -0.15) is 0 Å². The Labute approximate surface area is 113 Å². The fourth-order valence-electron chi connectivity index (χ4n) is 1.38. The number of hydrogen-bond donors (Lipinski definition) is 1. The smallest absolute Gasteiger partial charge is 0.258 e. The molecule has 2 aromatic rings. The minimum atomic E-state index is -0.532. The third kappa shape index (κ3) is 2.97. The highest BCUT2D eigenvalue weighted by atomic mass is 35.5. The molecular formula is C12H7Cl2FN2O. The lowest BCUT2D eigenvalue weighted by molar-refractivity contribution is 0.102. The van der Waals surface area contributed by atoms with Crippen LogP contribution in [0.3, 0.4) is 0 Å². The molecule has 0 atom stereocenters. The number of carbonyl (C=O) groups is 1. The molecule has 0 aliphatic heterocycles. The second kappa shape index (κ2) is 5.33. The first-order chi connectivity index (χ1) is 8.56. The number of pyridine rings is 1. The summed E-state index contributed by atoms with van der Waals surface area (Å²) >= 11 is 11.5. The standard InChI is InChI=1S/C12H7Cl2FN2O/c13-7-4-8(15)6-9(5-7)17-12(18)10-2-1-3-16-11(10)14/h1-6H,(H,17,18). The predicted octanol–water partition coefficient (Wildman–Crippen LogP) is 3.78. The van der Waals surface area contributed by atoms with Crippen LogP contribution in [0.4, 0.5) is 10.1 Å². The lowest BCUT2D eigenvalue weighted by atomic mass is 10.2. The Morgan fingerprint density at radius 2 is 2.06 bits per heavy atom. The maximum atomic E-state index is 13.1. The van der Waals surface area contributed by atoms with Crippen LogP contribution in [0.25, 0.3) is 0 Å². The molecule has 92 valence electrons. The van der Waals surface area contributed by atoms with Crippen LogP contribution in [-0.2, 0) is 0 Å². The van der Waals surface area contributed by atoms with E-state index < -0.39 is 11.7 Å². The number of halogens is 3. The molecule has 1 amide bonds. The number of aromatic nitrogens is 1. The maximum absolute atomic E-state index is 13.1. The number of nitrogens with zero attached hydrogens (tertiary/aromatic N) is 1. The maximum Gasteiger partial charge on any atom is 0.258 e. The van der Waals surface area contributed by atoms with Gasteiger partial charge in [0.2, 0.25) is 0 Å². The van der Waals surface area contributed by atoms with Crippen molar-refractivity contribution < 1.29 is 9.18 Å². The summed E-state index contributed by atoms with van der Waals surface area (Å²) in [5.41, 5.74) is 0.462. The van der Waals surface area contributed by atoms with E-state index in [4.69, 9.17) is 23.2 Å². The van der Waals surface area contributed by atoms with E-state index in [0.29, 0.717) is 0 Å². The van der Waals surface area contributed by atoms with E-state index in [9.17, 15) is 9.18 Å². The molecule has 1 aromatic heterocycles. The van der Waals surface area contributed by atoms with Gasteiger partial charge in [-0.15, -0.1) is 0 Å². The van der Waals surface area contributed by atoms with Gasteiger partial charge in [0.1, 0.15) is 11.0 Å². The highest BCUT2D eigenvalue weighted by molar-refractivity contribution is 6.33. The Balaban J connectivity index is 2.24. The van der Waals surface area contributed by atoms with Gasteiger partial charge in [0, 0.05) is 16.9 Å². The number of hydrogen-bond acceptors (Lipinski definition) is 2. The normalized spacial score (nSPS) is 10.2. The average molecular weight is 285 g/mol. The summed E-state index contributed by atoms with van der Waals surface area (Å²) in [7, 11) is 0. The fourth-order valence-corrected chi connectivity index (χ4v) is 1.81. The Bertz CT molecular complexity index is 584. The number of benzene rings is 1. The third-order valence-corrected chi connectivity index (χ3v) is 2.64. The van der Waals surface area contributed by atoms with E-state index in [1.165, 1.54) is 18.3 Å². The molecule has 0 aliphatic carbocycles. The van der Waals surface area contributed by atoms with Crippen molar-refractivity contribution in [1.29, 1.82) is 0 Å². The first-order valence-corrected chi connectivity index (χ1v) is 5.70. The molecule has 18 heavy (non-hydrogen) atoms. The monoisotopic (exact) mass is 284 g/mol. The molecule has 0 unspecified atom stereocenters. The SMILES string of the molecule is O=C(Nc1cc(F)cc(Cl)c1)c1cccnc1Cl. The second-order valence-corrected chi connectivity index (χ2v) is 4.25. The van der Waals surface area contributed by atoms with Gasteiger partial charge in [-0.1, -0.05) is 23.2 Å². The topological polar surface area (TPSA) is 42.0 Å². The lowest BCUT2D eigenvalue weighted by Crippen LogP contribution is -2.13. The molecule has 0 radical (unpaired) electrons. The van der Waals surface area contributed by atoms with Gasteiger partial charge in [0.15, 0.2) is 0 Å². The van der Waals surface area contributed by atoms with Gasteiger partial charge in [-0.25, -0.2) is 9.37 Å². The van der Waals surface area contributed by atoms with Crippen LogP contribution in [0.5, 0.6) is 0 Å². The van der Waals surface area contributed by atoms with Crippen molar-refractivity contribution in [1.82, 2.24) is 4.98 Å². The first-order valence-electron chi connectivity index (χ1n) is 4.94. The zero-order valence-electron chi connectivity index (χ0n) is 8.95. The van der Waals surface area contributed by atoms with Crippen LogP contribution >= 0.6 is 23.2 Å². The molecule has 0 spiro atoms. The number of nitrogens with one attached hydrogen (secondary N) is 1. The Kier molecular flexibility index (Phi) is 3.79. The van der Waals surface area contributed by atoms with Crippen LogP contribution in [0.1, 0.15) is 10.4 Å². The van der Waals surface area contributed by atoms with Gasteiger partial charge >= 0.3 is 0 Å². The molecule has 0 aliphatic rings. The first kappa shape index (κ1) is 12.8. The van der Waals surface area contributed by atoms with Crippen molar-refractivity contribution in [2.75, 3.05) is 5.32 Å². The van der Waals surface area contributed by atoms with Gasteiger partial charge in [-0.3, -0.25) is 4.79 Å². The summed E-state index contributed by atoms with van der Waals surface area (Å²) in [6.45, 7) is 0.